The average Bonchev–Trinajstić information content (AvgIpc) is 2.67. The molecule has 0 saturated heterocycles. The van der Waals surface area contributed by atoms with Crippen LogP contribution in [-0.2, 0) is 0 Å². The number of carbonyl (C=O) groups is 2. The predicted octanol–water partition coefficient (Wildman–Crippen LogP) is 3.12. The van der Waals surface area contributed by atoms with Crippen molar-refractivity contribution in [2.75, 3.05) is 0 Å². The van der Waals surface area contributed by atoms with E-state index in [-0.39, 0.29) is 17.4 Å². The minimum Gasteiger partial charge on any atom is -0.478 e. The van der Waals surface area contributed by atoms with Crippen LogP contribution < -0.4 is 0 Å². The van der Waals surface area contributed by atoms with Crippen molar-refractivity contribution in [3.63, 3.8) is 0 Å². The first-order valence-electron chi connectivity index (χ1n) is 5.80. The number of carboxylic acid groups (broad SMARTS) is 1. The van der Waals surface area contributed by atoms with Gasteiger partial charge in [-0.3, -0.25) is 4.79 Å². The van der Waals surface area contributed by atoms with Crippen molar-refractivity contribution in [3.8, 4) is 0 Å². The fourth-order valence-corrected chi connectivity index (χ4v) is 2.10. The van der Waals surface area contributed by atoms with E-state index in [9.17, 15) is 9.59 Å². The Labute approximate surface area is 105 Å². The average molecular weight is 245 g/mol. The molecule has 4 nitrogen and oxygen atoms in total. The molecule has 0 aliphatic heterocycles. The smallest absolute Gasteiger partial charge is 0.335 e. The predicted molar refractivity (Wildman–Crippen MR) is 69.3 cm³/mol. The van der Waals surface area contributed by atoms with E-state index in [1.165, 1.54) is 6.92 Å². The van der Waals surface area contributed by atoms with Crippen LogP contribution in [0.1, 0.15) is 47.5 Å². The number of nitrogens with zero attached hydrogens (tertiary/aromatic N) is 1. The van der Waals surface area contributed by atoms with Crippen LogP contribution >= 0.6 is 0 Å². The molecule has 18 heavy (non-hydrogen) atoms. The van der Waals surface area contributed by atoms with Crippen LogP contribution in [0.2, 0.25) is 0 Å². The van der Waals surface area contributed by atoms with E-state index < -0.39 is 5.97 Å². The molecule has 94 valence electrons. The first-order valence-corrected chi connectivity index (χ1v) is 5.80. The summed E-state index contributed by atoms with van der Waals surface area (Å²) in [7, 11) is 0. The lowest BCUT2D eigenvalue weighted by Crippen LogP contribution is -1.99. The monoisotopic (exact) mass is 245 g/mol. The Morgan fingerprint density at radius 3 is 2.44 bits per heavy atom. The van der Waals surface area contributed by atoms with Gasteiger partial charge >= 0.3 is 5.97 Å². The van der Waals surface area contributed by atoms with Gasteiger partial charge in [0.25, 0.3) is 0 Å². The zero-order valence-corrected chi connectivity index (χ0v) is 10.6. The van der Waals surface area contributed by atoms with Crippen LogP contribution in [-0.4, -0.2) is 21.4 Å². The second kappa shape index (κ2) is 4.29. The quantitative estimate of drug-likeness (QED) is 0.845. The molecule has 1 aromatic heterocycles. The standard InChI is InChI=1S/C14H15NO3/c1-8(2)15-7-12(9(3)16)11-6-10(14(17)18)4-5-13(11)15/h4-8H,1-3H3,(H,17,18). The third-order valence-corrected chi connectivity index (χ3v) is 3.02. The molecule has 4 heteroatoms. The van der Waals surface area contributed by atoms with E-state index in [2.05, 4.69) is 0 Å². The van der Waals surface area contributed by atoms with Crippen molar-refractivity contribution in [2.24, 2.45) is 0 Å². The third kappa shape index (κ3) is 1.90. The molecule has 0 aliphatic rings. The molecule has 0 saturated carbocycles. The van der Waals surface area contributed by atoms with E-state index in [0.717, 1.165) is 5.52 Å². The molecule has 0 unspecified atom stereocenters. The molecule has 0 fully saturated rings. The SMILES string of the molecule is CC(=O)c1cn(C(C)C)c2ccc(C(=O)O)cc12. The minimum absolute atomic E-state index is 0.0538. The van der Waals surface area contributed by atoms with Crippen molar-refractivity contribution in [3.05, 3.63) is 35.5 Å². The Hall–Kier alpha value is -2.10. The molecule has 0 aliphatic carbocycles. The van der Waals surface area contributed by atoms with E-state index in [1.807, 2.05) is 18.4 Å². The summed E-state index contributed by atoms with van der Waals surface area (Å²) >= 11 is 0. The molecule has 2 aromatic rings. The molecule has 0 atom stereocenters. The van der Waals surface area contributed by atoms with Gasteiger partial charge in [0.1, 0.15) is 0 Å². The number of aromatic nitrogens is 1. The maximum atomic E-state index is 11.6. The number of hydrogen-bond acceptors (Lipinski definition) is 2. The number of fused-ring (bicyclic) bond motifs is 1. The van der Waals surface area contributed by atoms with Gasteiger partial charge in [0, 0.05) is 28.7 Å². The summed E-state index contributed by atoms with van der Waals surface area (Å²) < 4.78 is 1.98. The van der Waals surface area contributed by atoms with Gasteiger partial charge < -0.3 is 9.67 Å². The Morgan fingerprint density at radius 1 is 1.28 bits per heavy atom. The van der Waals surface area contributed by atoms with Gasteiger partial charge in [-0.25, -0.2) is 4.79 Å². The van der Waals surface area contributed by atoms with E-state index in [1.54, 1.807) is 24.4 Å². The van der Waals surface area contributed by atoms with Crippen molar-refractivity contribution in [2.45, 2.75) is 26.8 Å². The number of ketones is 1. The van der Waals surface area contributed by atoms with E-state index >= 15 is 0 Å². The number of hydrogen-bond donors (Lipinski definition) is 1. The van der Waals surface area contributed by atoms with Crippen molar-refractivity contribution < 1.29 is 14.7 Å². The number of Topliss-reactive ketones (excluding diaryl/α,β-unsaturated/α-hetero) is 1. The molecule has 0 bridgehead atoms. The summed E-state index contributed by atoms with van der Waals surface area (Å²) in [6.45, 7) is 5.54. The lowest BCUT2D eigenvalue weighted by atomic mass is 10.1. The van der Waals surface area contributed by atoms with Crippen molar-refractivity contribution in [1.82, 2.24) is 4.57 Å². The van der Waals surface area contributed by atoms with Gasteiger partial charge in [-0.05, 0) is 39.0 Å². The highest BCUT2D eigenvalue weighted by atomic mass is 16.4. The minimum atomic E-state index is -0.983. The topological polar surface area (TPSA) is 59.3 Å². The van der Waals surface area contributed by atoms with Gasteiger partial charge in [-0.2, -0.15) is 0 Å². The maximum absolute atomic E-state index is 11.6. The molecule has 1 heterocycles. The number of carboxylic acids is 1. The highest BCUT2D eigenvalue weighted by Gasteiger charge is 2.15. The largest absolute Gasteiger partial charge is 0.478 e. The molecule has 0 amide bonds. The van der Waals surface area contributed by atoms with E-state index in [4.69, 9.17) is 5.11 Å². The van der Waals surface area contributed by atoms with Gasteiger partial charge in [-0.1, -0.05) is 0 Å². The highest BCUT2D eigenvalue weighted by Crippen LogP contribution is 2.26. The fourth-order valence-electron chi connectivity index (χ4n) is 2.10. The normalized spacial score (nSPS) is 11.1. The lowest BCUT2D eigenvalue weighted by Gasteiger charge is -2.08. The van der Waals surface area contributed by atoms with Gasteiger partial charge in [-0.15, -0.1) is 0 Å². The zero-order valence-electron chi connectivity index (χ0n) is 10.6. The number of carbonyl (C=O) groups excluding carboxylic acids is 1. The first-order chi connectivity index (χ1) is 8.41. The summed E-state index contributed by atoms with van der Waals surface area (Å²) in [5.74, 6) is -1.04. The molecule has 0 spiro atoms. The van der Waals surface area contributed by atoms with Gasteiger partial charge in [0.05, 0.1) is 5.56 Å². The third-order valence-electron chi connectivity index (χ3n) is 3.02. The second-order valence-corrected chi connectivity index (χ2v) is 4.64. The summed E-state index contributed by atoms with van der Waals surface area (Å²) in [5, 5.41) is 9.70. The maximum Gasteiger partial charge on any atom is 0.335 e. The van der Waals surface area contributed by atoms with Gasteiger partial charge in [0.15, 0.2) is 5.78 Å². The van der Waals surface area contributed by atoms with Crippen LogP contribution in [0.25, 0.3) is 10.9 Å². The molecule has 2 rings (SSSR count). The van der Waals surface area contributed by atoms with Crippen LogP contribution in [0.4, 0.5) is 0 Å². The Kier molecular flexibility index (Phi) is 2.95. The fraction of sp³-hybridized carbons (Fsp3) is 0.286. The van der Waals surface area contributed by atoms with Crippen LogP contribution in [0, 0.1) is 0 Å². The number of rotatable bonds is 3. The number of benzene rings is 1. The van der Waals surface area contributed by atoms with Gasteiger partial charge in [0.2, 0.25) is 0 Å². The Morgan fingerprint density at radius 2 is 1.94 bits per heavy atom. The zero-order chi connectivity index (χ0) is 13.4. The molecular formula is C14H15NO3. The molecular weight excluding hydrogens is 230 g/mol. The van der Waals surface area contributed by atoms with Crippen molar-refractivity contribution in [1.29, 1.82) is 0 Å². The molecule has 1 N–H and O–H groups in total. The number of aromatic carboxylic acids is 1. The summed E-state index contributed by atoms with van der Waals surface area (Å²) in [4.78, 5) is 22.6. The molecule has 0 radical (unpaired) electrons. The van der Waals surface area contributed by atoms with E-state index in [0.29, 0.717) is 10.9 Å². The second-order valence-electron chi connectivity index (χ2n) is 4.64. The summed E-state index contributed by atoms with van der Waals surface area (Å²) in [6, 6.07) is 5.10. The van der Waals surface area contributed by atoms with Crippen LogP contribution in [0.15, 0.2) is 24.4 Å². The molecule has 1 aromatic carbocycles. The van der Waals surface area contributed by atoms with Crippen molar-refractivity contribution >= 4 is 22.7 Å². The van der Waals surface area contributed by atoms with Crippen LogP contribution in [0.3, 0.4) is 0 Å². The van der Waals surface area contributed by atoms with Crippen LogP contribution in [0.5, 0.6) is 0 Å². The highest BCUT2D eigenvalue weighted by molar-refractivity contribution is 6.08. The summed E-state index contributed by atoms with van der Waals surface area (Å²) in [6.07, 6.45) is 1.79. The lowest BCUT2D eigenvalue weighted by molar-refractivity contribution is 0.0696. The Balaban J connectivity index is 2.79. The summed E-state index contributed by atoms with van der Waals surface area (Å²) in [5.41, 5.74) is 1.66. The Bertz CT molecular complexity index is 638. The first kappa shape index (κ1) is 12.4.